The van der Waals surface area contributed by atoms with E-state index < -0.39 is 21.9 Å². The van der Waals surface area contributed by atoms with E-state index in [0.717, 1.165) is 18.6 Å². The lowest BCUT2D eigenvalue weighted by Crippen LogP contribution is -2.31. The van der Waals surface area contributed by atoms with Gasteiger partial charge in [-0.05, 0) is 37.5 Å². The van der Waals surface area contributed by atoms with Crippen LogP contribution in [0.2, 0.25) is 0 Å². The van der Waals surface area contributed by atoms with E-state index in [9.17, 15) is 22.8 Å². The van der Waals surface area contributed by atoms with Gasteiger partial charge in [0.05, 0.1) is 6.26 Å². The molecule has 1 heterocycles. The molecule has 23 heavy (non-hydrogen) atoms. The summed E-state index contributed by atoms with van der Waals surface area (Å²) in [6.07, 6.45) is 6.13. The number of ether oxygens (including phenoxy) is 1. The van der Waals surface area contributed by atoms with E-state index in [1.54, 1.807) is 0 Å². The molecule has 1 aliphatic heterocycles. The van der Waals surface area contributed by atoms with Crippen molar-refractivity contribution in [2.24, 2.45) is 11.8 Å². The van der Waals surface area contributed by atoms with Gasteiger partial charge in [0, 0.05) is 19.8 Å². The molecule has 2 amide bonds. The quantitative estimate of drug-likeness (QED) is 0.548. The maximum Gasteiger partial charge on any atom is 0.302 e. The second-order valence-electron chi connectivity index (χ2n) is 6.18. The van der Waals surface area contributed by atoms with Gasteiger partial charge in [0.15, 0.2) is 0 Å². The first kappa shape index (κ1) is 17.9. The molecule has 8 nitrogen and oxygen atoms in total. The van der Waals surface area contributed by atoms with Gasteiger partial charge in [-0.2, -0.15) is 8.42 Å². The standard InChI is InChI=1S/C9H14O2.C5H7NO5S/c1-6(10)11-9-5-7-2-3-8(9)4-7;1-12(9,10)11-6-4(7)2-3-5(6)8/h7-9H,2-5H2,1H3;2-3H2,1H3. The fraction of sp³-hybridized carbons (Fsp3) is 0.786. The summed E-state index contributed by atoms with van der Waals surface area (Å²) in [4.78, 5) is 32.2. The van der Waals surface area contributed by atoms with Crippen molar-refractivity contribution < 1.29 is 31.8 Å². The molecule has 0 aromatic carbocycles. The van der Waals surface area contributed by atoms with Crippen LogP contribution >= 0.6 is 0 Å². The number of imide groups is 1. The Bertz CT molecular complexity index is 584. The third-order valence-corrected chi connectivity index (χ3v) is 4.63. The molecule has 0 spiro atoms. The molecule has 2 aliphatic carbocycles. The van der Waals surface area contributed by atoms with Crippen molar-refractivity contribution in [1.29, 1.82) is 0 Å². The Morgan fingerprint density at radius 3 is 2.13 bits per heavy atom. The minimum atomic E-state index is -3.79. The molecule has 3 rings (SSSR count). The summed E-state index contributed by atoms with van der Waals surface area (Å²) in [5.74, 6) is 0.214. The van der Waals surface area contributed by atoms with Crippen LogP contribution in [0.15, 0.2) is 0 Å². The van der Waals surface area contributed by atoms with Gasteiger partial charge < -0.3 is 4.74 Å². The van der Waals surface area contributed by atoms with Crippen molar-refractivity contribution in [3.8, 4) is 0 Å². The summed E-state index contributed by atoms with van der Waals surface area (Å²) in [6, 6.07) is 0. The summed E-state index contributed by atoms with van der Waals surface area (Å²) in [5, 5.41) is 0.287. The molecular weight excluding hydrogens is 326 g/mol. The molecule has 1 saturated heterocycles. The number of esters is 1. The molecule has 3 atom stereocenters. The molecule has 2 saturated carbocycles. The van der Waals surface area contributed by atoms with Crippen molar-refractivity contribution in [3.05, 3.63) is 0 Å². The summed E-state index contributed by atoms with van der Waals surface area (Å²) < 4.78 is 30.4. The van der Waals surface area contributed by atoms with Crippen LogP contribution in [0, 0.1) is 11.8 Å². The second kappa shape index (κ2) is 6.96. The first-order valence-corrected chi connectivity index (χ1v) is 9.40. The molecular formula is C14H21NO7S. The van der Waals surface area contributed by atoms with E-state index in [-0.39, 0.29) is 30.0 Å². The largest absolute Gasteiger partial charge is 0.462 e. The number of amides is 2. The average Bonchev–Trinajstić information content (AvgIpc) is 3.09. The summed E-state index contributed by atoms with van der Waals surface area (Å²) >= 11 is 0. The molecule has 3 unspecified atom stereocenters. The van der Waals surface area contributed by atoms with Crippen LogP contribution in [0.3, 0.4) is 0 Å². The molecule has 0 aromatic heterocycles. The number of hydrogen-bond acceptors (Lipinski definition) is 7. The van der Waals surface area contributed by atoms with E-state index in [1.165, 1.54) is 26.2 Å². The Hall–Kier alpha value is -1.48. The fourth-order valence-electron chi connectivity index (χ4n) is 3.32. The van der Waals surface area contributed by atoms with Crippen LogP contribution < -0.4 is 0 Å². The van der Waals surface area contributed by atoms with Gasteiger partial charge in [0.2, 0.25) is 0 Å². The number of hydroxylamine groups is 2. The van der Waals surface area contributed by atoms with Crippen LogP contribution in [-0.4, -0.2) is 43.6 Å². The predicted molar refractivity (Wildman–Crippen MR) is 78.0 cm³/mol. The molecule has 130 valence electrons. The zero-order chi connectivity index (χ0) is 17.2. The Labute approximate surface area is 135 Å². The van der Waals surface area contributed by atoms with Crippen LogP contribution in [0.4, 0.5) is 0 Å². The molecule has 2 bridgehead atoms. The Morgan fingerprint density at radius 2 is 1.74 bits per heavy atom. The molecule has 0 N–H and O–H groups in total. The van der Waals surface area contributed by atoms with Crippen molar-refractivity contribution in [1.82, 2.24) is 5.06 Å². The van der Waals surface area contributed by atoms with Crippen LogP contribution in [0.25, 0.3) is 0 Å². The van der Waals surface area contributed by atoms with E-state index in [2.05, 4.69) is 4.28 Å². The highest BCUT2D eigenvalue weighted by Gasteiger charge is 2.41. The molecule has 3 fully saturated rings. The summed E-state index contributed by atoms with van der Waals surface area (Å²) in [6.45, 7) is 1.51. The number of rotatable bonds is 3. The summed E-state index contributed by atoms with van der Waals surface area (Å²) in [7, 11) is -3.79. The van der Waals surface area contributed by atoms with Crippen molar-refractivity contribution in [2.45, 2.75) is 51.6 Å². The fourth-order valence-corrected chi connectivity index (χ4v) is 3.76. The first-order chi connectivity index (χ1) is 10.7. The van der Waals surface area contributed by atoms with Gasteiger partial charge in [0.1, 0.15) is 6.10 Å². The molecule has 0 aromatic rings. The number of carbonyl (C=O) groups is 3. The van der Waals surface area contributed by atoms with E-state index in [4.69, 9.17) is 4.74 Å². The van der Waals surface area contributed by atoms with Gasteiger partial charge in [-0.25, -0.2) is 0 Å². The number of fused-ring (bicyclic) bond motifs is 2. The zero-order valence-corrected chi connectivity index (χ0v) is 14.0. The average molecular weight is 347 g/mol. The first-order valence-electron chi connectivity index (χ1n) is 7.58. The predicted octanol–water partition coefficient (Wildman–Crippen LogP) is 0.765. The van der Waals surface area contributed by atoms with Crippen LogP contribution in [0.5, 0.6) is 0 Å². The summed E-state index contributed by atoms with van der Waals surface area (Å²) in [5.41, 5.74) is 0. The van der Waals surface area contributed by atoms with Crippen LogP contribution in [0.1, 0.15) is 45.4 Å². The highest BCUT2D eigenvalue weighted by Crippen LogP contribution is 2.45. The highest BCUT2D eigenvalue weighted by atomic mass is 32.2. The SMILES string of the molecule is CC(=O)OC1CC2CCC1C2.CS(=O)(=O)ON1C(=O)CCC1=O. The van der Waals surface area contributed by atoms with Crippen LogP contribution in [-0.2, 0) is 33.5 Å². The lowest BCUT2D eigenvalue weighted by molar-refractivity contribution is -0.163. The lowest BCUT2D eigenvalue weighted by atomic mass is 9.98. The second-order valence-corrected chi connectivity index (χ2v) is 7.74. The number of hydrogen-bond donors (Lipinski definition) is 0. The highest BCUT2D eigenvalue weighted by molar-refractivity contribution is 7.85. The maximum absolute atomic E-state index is 10.8. The van der Waals surface area contributed by atoms with Gasteiger partial charge in [-0.15, -0.1) is 9.35 Å². The smallest absolute Gasteiger partial charge is 0.302 e. The maximum atomic E-state index is 10.8. The minimum Gasteiger partial charge on any atom is -0.462 e. The third-order valence-electron chi connectivity index (χ3n) is 4.21. The number of nitrogens with zero attached hydrogens (tertiary/aromatic N) is 1. The Kier molecular flexibility index (Phi) is 5.41. The van der Waals surface area contributed by atoms with E-state index >= 15 is 0 Å². The van der Waals surface area contributed by atoms with Crippen molar-refractivity contribution in [2.75, 3.05) is 6.26 Å². The lowest BCUT2D eigenvalue weighted by Gasteiger charge is -2.20. The van der Waals surface area contributed by atoms with Gasteiger partial charge in [-0.1, -0.05) is 0 Å². The van der Waals surface area contributed by atoms with E-state index in [1.807, 2.05) is 0 Å². The molecule has 9 heteroatoms. The normalized spacial score (nSPS) is 29.5. The van der Waals surface area contributed by atoms with Gasteiger partial charge in [0.25, 0.3) is 21.9 Å². The third kappa shape index (κ3) is 5.00. The molecule has 3 aliphatic rings. The Balaban J connectivity index is 0.000000167. The number of carbonyl (C=O) groups excluding carboxylic acids is 3. The van der Waals surface area contributed by atoms with Crippen molar-refractivity contribution >= 4 is 27.9 Å². The van der Waals surface area contributed by atoms with E-state index in [0.29, 0.717) is 5.92 Å². The zero-order valence-electron chi connectivity index (χ0n) is 13.2. The van der Waals surface area contributed by atoms with Gasteiger partial charge in [-0.3, -0.25) is 14.4 Å². The van der Waals surface area contributed by atoms with Gasteiger partial charge >= 0.3 is 5.97 Å². The van der Waals surface area contributed by atoms with Crippen molar-refractivity contribution in [3.63, 3.8) is 0 Å². The topological polar surface area (TPSA) is 107 Å². The Morgan fingerprint density at radius 1 is 1.13 bits per heavy atom. The monoisotopic (exact) mass is 347 g/mol. The molecule has 0 radical (unpaired) electrons. The minimum absolute atomic E-state index is 0.00829.